The zero-order valence-corrected chi connectivity index (χ0v) is 13.8. The van der Waals surface area contributed by atoms with Crippen LogP contribution in [0.5, 0.6) is 5.75 Å². The molecule has 2 heterocycles. The highest BCUT2D eigenvalue weighted by molar-refractivity contribution is 5.83. The van der Waals surface area contributed by atoms with Crippen molar-refractivity contribution in [2.75, 3.05) is 20.2 Å². The summed E-state index contributed by atoms with van der Waals surface area (Å²) in [7, 11) is 1.69. The van der Waals surface area contributed by atoms with Gasteiger partial charge in [-0.05, 0) is 36.8 Å². The van der Waals surface area contributed by atoms with Crippen molar-refractivity contribution in [3.8, 4) is 5.75 Å². The van der Waals surface area contributed by atoms with Gasteiger partial charge in [-0.1, -0.05) is 18.2 Å². The number of aromatic nitrogens is 3. The van der Waals surface area contributed by atoms with E-state index in [9.17, 15) is 4.79 Å². The standard InChI is InChI=1S/C18H22N4O2/c1-24-17-7-3-2-6-14(17)15-9-16(15)18(23)21-8-4-5-13(10-21)22-12-19-11-20-22/h2-3,6-7,11-13,15-16H,4-5,8-10H2,1H3/t13-,15-,16+/m0/s1. The summed E-state index contributed by atoms with van der Waals surface area (Å²) in [5.41, 5.74) is 1.16. The minimum absolute atomic E-state index is 0.0933. The number of piperidine rings is 1. The Morgan fingerprint density at radius 1 is 1.33 bits per heavy atom. The number of hydrogen-bond acceptors (Lipinski definition) is 4. The maximum absolute atomic E-state index is 12.9. The Morgan fingerprint density at radius 2 is 2.21 bits per heavy atom. The van der Waals surface area contributed by atoms with Crippen LogP contribution in [-0.2, 0) is 4.79 Å². The van der Waals surface area contributed by atoms with Crippen molar-refractivity contribution in [2.45, 2.75) is 31.2 Å². The highest BCUT2D eigenvalue weighted by Crippen LogP contribution is 2.51. The van der Waals surface area contributed by atoms with Gasteiger partial charge in [0.25, 0.3) is 0 Å². The van der Waals surface area contributed by atoms with E-state index in [-0.39, 0.29) is 17.9 Å². The molecule has 0 N–H and O–H groups in total. The molecule has 0 spiro atoms. The van der Waals surface area contributed by atoms with E-state index >= 15 is 0 Å². The van der Waals surface area contributed by atoms with Crippen molar-refractivity contribution in [2.24, 2.45) is 5.92 Å². The molecule has 2 aliphatic rings. The van der Waals surface area contributed by atoms with Gasteiger partial charge in [-0.15, -0.1) is 0 Å². The molecule has 1 aromatic carbocycles. The molecule has 0 unspecified atom stereocenters. The number of methoxy groups -OCH3 is 1. The first-order valence-corrected chi connectivity index (χ1v) is 8.53. The van der Waals surface area contributed by atoms with Gasteiger partial charge >= 0.3 is 0 Å². The largest absolute Gasteiger partial charge is 0.496 e. The number of carbonyl (C=O) groups excluding carboxylic acids is 1. The van der Waals surface area contributed by atoms with E-state index in [2.05, 4.69) is 16.1 Å². The molecule has 1 saturated heterocycles. The summed E-state index contributed by atoms with van der Waals surface area (Å²) in [6, 6.07) is 8.27. The second-order valence-corrected chi connectivity index (χ2v) is 6.65. The predicted molar refractivity (Wildman–Crippen MR) is 88.7 cm³/mol. The third kappa shape index (κ3) is 2.77. The fourth-order valence-electron chi connectivity index (χ4n) is 3.80. The predicted octanol–water partition coefficient (Wildman–Crippen LogP) is 2.25. The summed E-state index contributed by atoms with van der Waals surface area (Å²) in [6.45, 7) is 1.58. The number of para-hydroxylation sites is 1. The maximum Gasteiger partial charge on any atom is 0.226 e. The molecule has 0 radical (unpaired) electrons. The van der Waals surface area contributed by atoms with Gasteiger partial charge < -0.3 is 9.64 Å². The second-order valence-electron chi connectivity index (χ2n) is 6.65. The van der Waals surface area contributed by atoms with Gasteiger partial charge in [-0.3, -0.25) is 4.79 Å². The number of rotatable bonds is 4. The summed E-state index contributed by atoms with van der Waals surface area (Å²) in [4.78, 5) is 18.9. The first-order chi connectivity index (χ1) is 11.8. The molecule has 1 aliphatic carbocycles. The van der Waals surface area contributed by atoms with E-state index in [1.165, 1.54) is 0 Å². The number of ether oxygens (including phenoxy) is 1. The molecule has 126 valence electrons. The van der Waals surface area contributed by atoms with Gasteiger partial charge in [0.1, 0.15) is 18.4 Å². The molecule has 1 amide bonds. The van der Waals surface area contributed by atoms with Crippen molar-refractivity contribution in [1.82, 2.24) is 19.7 Å². The molecule has 4 rings (SSSR count). The van der Waals surface area contributed by atoms with Crippen LogP contribution in [0.3, 0.4) is 0 Å². The zero-order chi connectivity index (χ0) is 16.5. The normalized spacial score (nSPS) is 26.2. The Kier molecular flexibility index (Phi) is 3.96. The third-order valence-electron chi connectivity index (χ3n) is 5.16. The van der Waals surface area contributed by atoms with Crippen LogP contribution in [0.2, 0.25) is 0 Å². The van der Waals surface area contributed by atoms with Crippen LogP contribution >= 0.6 is 0 Å². The van der Waals surface area contributed by atoms with E-state index < -0.39 is 0 Å². The molecule has 6 nitrogen and oxygen atoms in total. The quantitative estimate of drug-likeness (QED) is 0.865. The first-order valence-electron chi connectivity index (χ1n) is 8.53. The molecule has 3 atom stereocenters. The SMILES string of the molecule is COc1ccccc1[C@@H]1C[C@H]1C(=O)N1CCC[C@H](n2cncn2)C1. The summed E-state index contributed by atoms with van der Waals surface area (Å²) in [5.74, 6) is 1.55. The highest BCUT2D eigenvalue weighted by atomic mass is 16.5. The number of likely N-dealkylation sites (tertiary alicyclic amines) is 1. The lowest BCUT2D eigenvalue weighted by molar-refractivity contribution is -0.134. The molecule has 2 aromatic rings. The number of nitrogens with zero attached hydrogens (tertiary/aromatic N) is 4. The molecular formula is C18H22N4O2. The fourth-order valence-corrected chi connectivity index (χ4v) is 3.80. The summed E-state index contributed by atoms with van der Waals surface area (Å²) in [6.07, 6.45) is 6.28. The number of carbonyl (C=O) groups is 1. The Balaban J connectivity index is 1.43. The molecule has 1 aliphatic heterocycles. The lowest BCUT2D eigenvalue weighted by Gasteiger charge is -2.33. The van der Waals surface area contributed by atoms with Crippen molar-refractivity contribution in [1.29, 1.82) is 0 Å². The van der Waals surface area contributed by atoms with Gasteiger partial charge in [0.15, 0.2) is 0 Å². The Bertz CT molecular complexity index is 716. The smallest absolute Gasteiger partial charge is 0.226 e. The summed E-state index contributed by atoms with van der Waals surface area (Å²) in [5, 5.41) is 4.23. The fraction of sp³-hybridized carbons (Fsp3) is 0.500. The number of hydrogen-bond donors (Lipinski definition) is 0. The molecule has 1 saturated carbocycles. The molecular weight excluding hydrogens is 304 g/mol. The van der Waals surface area contributed by atoms with Crippen molar-refractivity contribution in [3.63, 3.8) is 0 Å². The Hall–Kier alpha value is -2.37. The van der Waals surface area contributed by atoms with E-state index in [4.69, 9.17) is 4.74 Å². The number of amides is 1. The van der Waals surface area contributed by atoms with Gasteiger partial charge in [-0.2, -0.15) is 5.10 Å². The second kappa shape index (κ2) is 6.26. The molecule has 2 fully saturated rings. The van der Waals surface area contributed by atoms with Gasteiger partial charge in [0, 0.05) is 19.0 Å². The highest BCUT2D eigenvalue weighted by Gasteiger charge is 2.47. The maximum atomic E-state index is 12.9. The minimum atomic E-state index is 0.0933. The van der Waals surface area contributed by atoms with Gasteiger partial charge in [-0.25, -0.2) is 9.67 Å². The van der Waals surface area contributed by atoms with E-state index in [0.717, 1.165) is 43.7 Å². The van der Waals surface area contributed by atoms with Crippen LogP contribution in [0.4, 0.5) is 0 Å². The molecule has 0 bridgehead atoms. The van der Waals surface area contributed by atoms with Crippen molar-refractivity contribution in [3.05, 3.63) is 42.5 Å². The van der Waals surface area contributed by atoms with Crippen molar-refractivity contribution < 1.29 is 9.53 Å². The van der Waals surface area contributed by atoms with Crippen LogP contribution in [0.25, 0.3) is 0 Å². The van der Waals surface area contributed by atoms with E-state index in [1.54, 1.807) is 19.8 Å². The average Bonchev–Trinajstić information content (AvgIpc) is 3.24. The third-order valence-corrected chi connectivity index (χ3v) is 5.16. The van der Waals surface area contributed by atoms with Crippen LogP contribution < -0.4 is 4.74 Å². The van der Waals surface area contributed by atoms with Crippen LogP contribution in [0, 0.1) is 5.92 Å². The Morgan fingerprint density at radius 3 is 3.00 bits per heavy atom. The van der Waals surface area contributed by atoms with Crippen LogP contribution in [0.1, 0.15) is 36.8 Å². The minimum Gasteiger partial charge on any atom is -0.496 e. The van der Waals surface area contributed by atoms with Crippen molar-refractivity contribution >= 4 is 5.91 Å². The van der Waals surface area contributed by atoms with Gasteiger partial charge in [0.2, 0.25) is 5.91 Å². The zero-order valence-electron chi connectivity index (χ0n) is 13.8. The summed E-state index contributed by atoms with van der Waals surface area (Å²) < 4.78 is 7.32. The topological polar surface area (TPSA) is 60.2 Å². The monoisotopic (exact) mass is 326 g/mol. The first kappa shape index (κ1) is 15.2. The van der Waals surface area contributed by atoms with Crippen LogP contribution in [0.15, 0.2) is 36.9 Å². The van der Waals surface area contributed by atoms with Gasteiger partial charge in [0.05, 0.1) is 13.2 Å². The lowest BCUT2D eigenvalue weighted by Crippen LogP contribution is -2.41. The average molecular weight is 326 g/mol. The molecule has 6 heteroatoms. The Labute approximate surface area is 141 Å². The van der Waals surface area contributed by atoms with E-state index in [0.29, 0.717) is 5.92 Å². The number of benzene rings is 1. The molecule has 24 heavy (non-hydrogen) atoms. The van der Waals surface area contributed by atoms with Crippen LogP contribution in [-0.4, -0.2) is 45.8 Å². The lowest BCUT2D eigenvalue weighted by atomic mass is 10.0. The van der Waals surface area contributed by atoms with E-state index in [1.807, 2.05) is 27.8 Å². The molecule has 1 aromatic heterocycles. The summed E-state index contributed by atoms with van der Waals surface area (Å²) >= 11 is 0.